The fraction of sp³-hybridized carbons (Fsp3) is 0.417. The third-order valence-electron chi connectivity index (χ3n) is 2.83. The maximum Gasteiger partial charge on any atom is 0.226 e. The van der Waals surface area contributed by atoms with Crippen LogP contribution in [0.25, 0.3) is 0 Å². The van der Waals surface area contributed by atoms with Crippen LogP contribution in [0.2, 0.25) is 5.02 Å². The average Bonchev–Trinajstić information content (AvgIpc) is 2.41. The Hall–Kier alpha value is -1.26. The predicted molar refractivity (Wildman–Crippen MR) is 70.7 cm³/mol. The standard InChI is InChI=1S/C12H16ClN3O/c1-8-6-9(13)12-10(7-8)16(5-3-14)4-2-11(17)15-12/h6-7H,2-5,14H2,1H3,(H,15,17). The van der Waals surface area contributed by atoms with Gasteiger partial charge in [0.1, 0.15) is 0 Å². The molecule has 0 radical (unpaired) electrons. The van der Waals surface area contributed by atoms with Gasteiger partial charge in [0.05, 0.1) is 16.4 Å². The van der Waals surface area contributed by atoms with E-state index in [-0.39, 0.29) is 5.91 Å². The first-order valence-corrected chi connectivity index (χ1v) is 6.04. The summed E-state index contributed by atoms with van der Waals surface area (Å²) in [6.07, 6.45) is 0.462. The van der Waals surface area contributed by atoms with Crippen molar-refractivity contribution < 1.29 is 4.79 Å². The summed E-state index contributed by atoms with van der Waals surface area (Å²) in [5, 5.41) is 3.43. The molecule has 4 nitrogen and oxygen atoms in total. The predicted octanol–water partition coefficient (Wildman–Crippen LogP) is 1.76. The van der Waals surface area contributed by atoms with Gasteiger partial charge in [-0.1, -0.05) is 11.6 Å². The molecule has 17 heavy (non-hydrogen) atoms. The summed E-state index contributed by atoms with van der Waals surface area (Å²) in [4.78, 5) is 13.7. The molecule has 0 aromatic heterocycles. The van der Waals surface area contributed by atoms with Crippen molar-refractivity contribution in [1.82, 2.24) is 0 Å². The van der Waals surface area contributed by atoms with Crippen LogP contribution in [0, 0.1) is 6.92 Å². The van der Waals surface area contributed by atoms with Gasteiger partial charge in [-0.25, -0.2) is 0 Å². The Balaban J connectivity index is 2.48. The fourth-order valence-corrected chi connectivity index (χ4v) is 2.36. The number of nitrogens with zero attached hydrogens (tertiary/aromatic N) is 1. The van der Waals surface area contributed by atoms with Crippen molar-refractivity contribution in [3.8, 4) is 0 Å². The molecule has 0 unspecified atom stereocenters. The molecule has 3 N–H and O–H groups in total. The van der Waals surface area contributed by atoms with Gasteiger partial charge in [-0.3, -0.25) is 4.79 Å². The molecule has 1 aliphatic rings. The monoisotopic (exact) mass is 253 g/mol. The van der Waals surface area contributed by atoms with Crippen LogP contribution in [0.4, 0.5) is 11.4 Å². The summed E-state index contributed by atoms with van der Waals surface area (Å²) < 4.78 is 0. The second-order valence-corrected chi connectivity index (χ2v) is 4.62. The normalized spacial score (nSPS) is 15.2. The van der Waals surface area contributed by atoms with Crippen molar-refractivity contribution in [3.63, 3.8) is 0 Å². The van der Waals surface area contributed by atoms with Crippen molar-refractivity contribution in [3.05, 3.63) is 22.7 Å². The number of hydrogen-bond donors (Lipinski definition) is 2. The summed E-state index contributed by atoms with van der Waals surface area (Å²) in [5.41, 5.74) is 8.34. The number of fused-ring (bicyclic) bond motifs is 1. The third-order valence-corrected chi connectivity index (χ3v) is 3.12. The molecule has 5 heteroatoms. The summed E-state index contributed by atoms with van der Waals surface area (Å²) in [5.74, 6) is -0.00322. The Kier molecular flexibility index (Phi) is 3.54. The Labute approximate surface area is 106 Å². The molecular weight excluding hydrogens is 238 g/mol. The number of anilines is 2. The van der Waals surface area contributed by atoms with Crippen LogP contribution >= 0.6 is 11.6 Å². The maximum atomic E-state index is 11.6. The summed E-state index contributed by atoms with van der Waals surface area (Å²) in [6, 6.07) is 3.88. The van der Waals surface area contributed by atoms with E-state index in [0.29, 0.717) is 30.2 Å². The first kappa shape index (κ1) is 12.2. The second kappa shape index (κ2) is 4.94. The Bertz CT molecular complexity index is 448. The number of carbonyl (C=O) groups is 1. The number of hydrogen-bond acceptors (Lipinski definition) is 3. The Morgan fingerprint density at radius 3 is 3.00 bits per heavy atom. The highest BCUT2D eigenvalue weighted by molar-refractivity contribution is 6.34. The van der Waals surface area contributed by atoms with Gasteiger partial charge in [0, 0.05) is 26.1 Å². The smallest absolute Gasteiger partial charge is 0.226 e. The zero-order valence-electron chi connectivity index (χ0n) is 9.79. The quantitative estimate of drug-likeness (QED) is 0.844. The minimum atomic E-state index is -0.00322. The molecule has 1 aliphatic heterocycles. The first-order valence-electron chi connectivity index (χ1n) is 5.67. The second-order valence-electron chi connectivity index (χ2n) is 4.21. The number of nitrogens with one attached hydrogen (secondary N) is 1. The lowest BCUT2D eigenvalue weighted by Crippen LogP contribution is -2.30. The van der Waals surface area contributed by atoms with E-state index in [1.165, 1.54) is 0 Å². The molecular formula is C12H16ClN3O. The van der Waals surface area contributed by atoms with E-state index in [1.807, 2.05) is 19.1 Å². The van der Waals surface area contributed by atoms with Crippen molar-refractivity contribution in [2.24, 2.45) is 5.73 Å². The lowest BCUT2D eigenvalue weighted by atomic mass is 10.1. The Morgan fingerprint density at radius 2 is 2.29 bits per heavy atom. The van der Waals surface area contributed by atoms with E-state index in [0.717, 1.165) is 17.8 Å². The number of carbonyl (C=O) groups excluding carboxylic acids is 1. The summed E-state index contributed by atoms with van der Waals surface area (Å²) in [6.45, 7) is 3.94. The van der Waals surface area contributed by atoms with Gasteiger partial charge < -0.3 is 16.0 Å². The van der Waals surface area contributed by atoms with Gasteiger partial charge in [0.25, 0.3) is 0 Å². The average molecular weight is 254 g/mol. The first-order chi connectivity index (χ1) is 8.11. The van der Waals surface area contributed by atoms with Crippen molar-refractivity contribution in [2.75, 3.05) is 29.9 Å². The SMILES string of the molecule is Cc1cc(Cl)c2c(c1)N(CCN)CCC(=O)N2. The Morgan fingerprint density at radius 1 is 1.53 bits per heavy atom. The van der Waals surface area contributed by atoms with E-state index in [4.69, 9.17) is 17.3 Å². The zero-order chi connectivity index (χ0) is 12.4. The van der Waals surface area contributed by atoms with Gasteiger partial charge >= 0.3 is 0 Å². The van der Waals surface area contributed by atoms with Crippen LogP contribution in [-0.2, 0) is 4.79 Å². The molecule has 1 heterocycles. The van der Waals surface area contributed by atoms with Gasteiger partial charge in [0.15, 0.2) is 0 Å². The number of amides is 1. The number of nitrogens with two attached hydrogens (primary N) is 1. The highest BCUT2D eigenvalue weighted by Gasteiger charge is 2.21. The highest BCUT2D eigenvalue weighted by atomic mass is 35.5. The summed E-state index contributed by atoms with van der Waals surface area (Å²) >= 11 is 6.18. The number of halogens is 1. The van der Waals surface area contributed by atoms with Crippen LogP contribution < -0.4 is 16.0 Å². The molecule has 92 valence electrons. The molecule has 2 rings (SSSR count). The zero-order valence-corrected chi connectivity index (χ0v) is 10.5. The van der Waals surface area contributed by atoms with E-state index in [9.17, 15) is 4.79 Å². The van der Waals surface area contributed by atoms with Crippen LogP contribution in [0.1, 0.15) is 12.0 Å². The molecule has 0 aliphatic carbocycles. The third kappa shape index (κ3) is 2.53. The van der Waals surface area contributed by atoms with Gasteiger partial charge in [-0.05, 0) is 24.6 Å². The minimum absolute atomic E-state index is 0.00322. The fourth-order valence-electron chi connectivity index (χ4n) is 2.04. The van der Waals surface area contributed by atoms with E-state index >= 15 is 0 Å². The molecule has 0 bridgehead atoms. The molecule has 0 atom stereocenters. The maximum absolute atomic E-state index is 11.6. The topological polar surface area (TPSA) is 58.4 Å². The highest BCUT2D eigenvalue weighted by Crippen LogP contribution is 2.36. The minimum Gasteiger partial charge on any atom is -0.368 e. The molecule has 0 saturated carbocycles. The lowest BCUT2D eigenvalue weighted by molar-refractivity contribution is -0.115. The van der Waals surface area contributed by atoms with E-state index in [1.54, 1.807) is 0 Å². The van der Waals surface area contributed by atoms with Gasteiger partial charge in [-0.15, -0.1) is 0 Å². The number of rotatable bonds is 2. The van der Waals surface area contributed by atoms with E-state index < -0.39 is 0 Å². The van der Waals surface area contributed by atoms with Crippen LogP contribution in [0.3, 0.4) is 0 Å². The van der Waals surface area contributed by atoms with Crippen LogP contribution in [0.5, 0.6) is 0 Å². The molecule has 0 spiro atoms. The van der Waals surface area contributed by atoms with E-state index in [2.05, 4.69) is 10.2 Å². The molecule has 0 fully saturated rings. The molecule has 0 saturated heterocycles. The van der Waals surface area contributed by atoms with Crippen LogP contribution in [0.15, 0.2) is 12.1 Å². The number of aryl methyl sites for hydroxylation is 1. The lowest BCUT2D eigenvalue weighted by Gasteiger charge is -2.24. The van der Waals surface area contributed by atoms with Crippen LogP contribution in [-0.4, -0.2) is 25.5 Å². The van der Waals surface area contributed by atoms with Crippen molar-refractivity contribution in [2.45, 2.75) is 13.3 Å². The summed E-state index contributed by atoms with van der Waals surface area (Å²) in [7, 11) is 0. The molecule has 1 aromatic carbocycles. The van der Waals surface area contributed by atoms with Gasteiger partial charge in [0.2, 0.25) is 5.91 Å². The van der Waals surface area contributed by atoms with Gasteiger partial charge in [-0.2, -0.15) is 0 Å². The largest absolute Gasteiger partial charge is 0.368 e. The molecule has 1 amide bonds. The molecule has 1 aromatic rings. The van der Waals surface area contributed by atoms with Crippen molar-refractivity contribution >= 4 is 28.9 Å². The van der Waals surface area contributed by atoms with Crippen molar-refractivity contribution in [1.29, 1.82) is 0 Å². The number of benzene rings is 1.